The number of carbonyl (C=O) groups is 2. The second-order valence-corrected chi connectivity index (χ2v) is 6.24. The maximum atomic E-state index is 13.3. The van der Waals surface area contributed by atoms with Gasteiger partial charge in [-0.15, -0.1) is 0 Å². The lowest BCUT2D eigenvalue weighted by molar-refractivity contribution is 0.0729. The van der Waals surface area contributed by atoms with E-state index in [-0.39, 0.29) is 23.0 Å². The zero-order valence-corrected chi connectivity index (χ0v) is 16.8. The first kappa shape index (κ1) is 21.5. The highest BCUT2D eigenvalue weighted by atomic mass is 19.1. The van der Waals surface area contributed by atoms with Crippen LogP contribution < -0.4 is 19.6 Å². The maximum Gasteiger partial charge on any atom is 0.343 e. The molecule has 0 heterocycles. The van der Waals surface area contributed by atoms with E-state index in [9.17, 15) is 14.0 Å². The minimum Gasteiger partial charge on any atom is -0.497 e. The van der Waals surface area contributed by atoms with Gasteiger partial charge in [0, 0.05) is 5.56 Å². The number of nitrogens with zero attached hydrogens (tertiary/aromatic N) is 1. The number of halogens is 1. The van der Waals surface area contributed by atoms with E-state index < -0.39 is 11.8 Å². The third-order valence-corrected chi connectivity index (χ3v) is 4.18. The van der Waals surface area contributed by atoms with E-state index in [2.05, 4.69) is 10.5 Å². The van der Waals surface area contributed by atoms with E-state index in [1.807, 2.05) is 0 Å². The van der Waals surface area contributed by atoms with Crippen molar-refractivity contribution < 1.29 is 28.2 Å². The van der Waals surface area contributed by atoms with Crippen LogP contribution in [-0.2, 0) is 0 Å². The number of hydrogen-bond donors (Lipinski definition) is 1. The van der Waals surface area contributed by atoms with Crippen molar-refractivity contribution in [1.29, 1.82) is 0 Å². The Morgan fingerprint density at radius 2 is 1.68 bits per heavy atom. The summed E-state index contributed by atoms with van der Waals surface area (Å²) >= 11 is 0. The Balaban J connectivity index is 1.66. The molecule has 0 aliphatic heterocycles. The molecule has 0 aliphatic rings. The molecule has 0 saturated carbocycles. The number of benzene rings is 3. The van der Waals surface area contributed by atoms with Gasteiger partial charge in [0.1, 0.15) is 11.6 Å². The average Bonchev–Trinajstić information content (AvgIpc) is 2.79. The lowest BCUT2D eigenvalue weighted by atomic mass is 10.2. The third-order valence-electron chi connectivity index (χ3n) is 4.18. The Morgan fingerprint density at radius 3 is 2.35 bits per heavy atom. The van der Waals surface area contributed by atoms with Crippen LogP contribution in [0.15, 0.2) is 71.8 Å². The zero-order chi connectivity index (χ0) is 22.2. The van der Waals surface area contributed by atoms with Crippen LogP contribution in [0.1, 0.15) is 26.3 Å². The molecule has 8 heteroatoms. The first-order valence-electron chi connectivity index (χ1n) is 9.13. The Morgan fingerprint density at radius 1 is 0.903 bits per heavy atom. The van der Waals surface area contributed by atoms with Gasteiger partial charge in [-0.25, -0.2) is 14.6 Å². The summed E-state index contributed by atoms with van der Waals surface area (Å²) in [6, 6.07) is 16.5. The molecule has 7 nitrogen and oxygen atoms in total. The van der Waals surface area contributed by atoms with Gasteiger partial charge in [0.05, 0.1) is 26.0 Å². The number of methoxy groups -OCH3 is 2. The van der Waals surface area contributed by atoms with Gasteiger partial charge < -0.3 is 14.2 Å². The van der Waals surface area contributed by atoms with Crippen molar-refractivity contribution in [1.82, 2.24) is 5.43 Å². The van der Waals surface area contributed by atoms with Crippen molar-refractivity contribution in [2.24, 2.45) is 5.10 Å². The number of rotatable bonds is 7. The molecule has 3 aromatic rings. The Hall–Kier alpha value is -4.20. The lowest BCUT2D eigenvalue weighted by Gasteiger charge is -2.10. The molecule has 0 fully saturated rings. The SMILES string of the molecule is COc1ccc(C(=O)N/N=C/c2ccc(OC(=O)c3cccc(F)c3)c(OC)c2)cc1. The molecule has 0 spiro atoms. The standard InChI is InChI=1S/C23H19FN2O5/c1-29-19-9-7-16(8-10-19)22(27)26-25-14-15-6-11-20(21(12-15)30-2)31-23(28)17-4-3-5-18(24)13-17/h3-14H,1-2H3,(H,26,27)/b25-14+. The fourth-order valence-corrected chi connectivity index (χ4v) is 2.60. The monoisotopic (exact) mass is 422 g/mol. The van der Waals surface area contributed by atoms with E-state index in [0.717, 1.165) is 6.07 Å². The van der Waals surface area contributed by atoms with Gasteiger partial charge in [0.25, 0.3) is 5.91 Å². The summed E-state index contributed by atoms with van der Waals surface area (Å²) in [5.41, 5.74) is 3.52. The summed E-state index contributed by atoms with van der Waals surface area (Å²) in [5.74, 6) is -0.557. The molecule has 0 aromatic heterocycles. The van der Waals surface area contributed by atoms with Gasteiger partial charge in [0.15, 0.2) is 11.5 Å². The third kappa shape index (κ3) is 5.66. The van der Waals surface area contributed by atoms with Crippen LogP contribution in [0.25, 0.3) is 0 Å². The van der Waals surface area contributed by atoms with E-state index in [4.69, 9.17) is 14.2 Å². The van der Waals surface area contributed by atoms with Gasteiger partial charge in [-0.2, -0.15) is 5.10 Å². The molecule has 1 amide bonds. The second-order valence-electron chi connectivity index (χ2n) is 6.24. The Labute approximate surface area is 178 Å². The largest absolute Gasteiger partial charge is 0.497 e. The molecular weight excluding hydrogens is 403 g/mol. The van der Waals surface area contributed by atoms with Crippen LogP contribution in [0.4, 0.5) is 4.39 Å². The number of ether oxygens (including phenoxy) is 3. The van der Waals surface area contributed by atoms with E-state index >= 15 is 0 Å². The number of hydrazone groups is 1. The molecule has 0 radical (unpaired) electrons. The van der Waals surface area contributed by atoms with Gasteiger partial charge in [-0.05, 0) is 66.2 Å². The minimum atomic E-state index is -0.717. The van der Waals surface area contributed by atoms with Crippen LogP contribution in [-0.4, -0.2) is 32.3 Å². The fraction of sp³-hybridized carbons (Fsp3) is 0.0870. The van der Waals surface area contributed by atoms with Gasteiger partial charge >= 0.3 is 5.97 Å². The van der Waals surface area contributed by atoms with Gasteiger partial charge in [0.2, 0.25) is 0 Å². The van der Waals surface area contributed by atoms with Crippen molar-refractivity contribution in [3.63, 3.8) is 0 Å². The molecule has 158 valence electrons. The second kappa shape index (κ2) is 10.0. The van der Waals surface area contributed by atoms with Crippen molar-refractivity contribution in [3.05, 3.63) is 89.2 Å². The topological polar surface area (TPSA) is 86.2 Å². The van der Waals surface area contributed by atoms with Gasteiger partial charge in [-0.3, -0.25) is 4.79 Å². The normalized spacial score (nSPS) is 10.5. The summed E-state index contributed by atoms with van der Waals surface area (Å²) in [7, 11) is 2.96. The Bertz CT molecular complexity index is 1110. The van der Waals surface area contributed by atoms with Crippen molar-refractivity contribution in [2.45, 2.75) is 0 Å². The highest BCUT2D eigenvalue weighted by molar-refractivity contribution is 5.95. The lowest BCUT2D eigenvalue weighted by Crippen LogP contribution is -2.17. The summed E-state index contributed by atoms with van der Waals surface area (Å²) in [6.45, 7) is 0. The molecule has 0 saturated heterocycles. The van der Waals surface area contributed by atoms with Crippen LogP contribution in [0.2, 0.25) is 0 Å². The number of hydrogen-bond acceptors (Lipinski definition) is 6. The molecule has 3 rings (SSSR count). The highest BCUT2D eigenvalue weighted by Gasteiger charge is 2.13. The minimum absolute atomic E-state index is 0.0777. The Kier molecular flexibility index (Phi) is 6.95. The summed E-state index contributed by atoms with van der Waals surface area (Å²) in [6.07, 6.45) is 1.42. The van der Waals surface area contributed by atoms with Crippen LogP contribution >= 0.6 is 0 Å². The summed E-state index contributed by atoms with van der Waals surface area (Å²) in [4.78, 5) is 24.3. The van der Waals surface area contributed by atoms with E-state index in [1.165, 1.54) is 37.6 Å². The first-order valence-corrected chi connectivity index (χ1v) is 9.13. The summed E-state index contributed by atoms with van der Waals surface area (Å²) < 4.78 is 28.9. The highest BCUT2D eigenvalue weighted by Crippen LogP contribution is 2.28. The molecule has 0 unspecified atom stereocenters. The van der Waals surface area contributed by atoms with E-state index in [0.29, 0.717) is 16.9 Å². The van der Waals surface area contributed by atoms with Crippen LogP contribution in [0.3, 0.4) is 0 Å². The predicted molar refractivity (Wildman–Crippen MR) is 112 cm³/mol. The molecule has 0 aliphatic carbocycles. The number of amides is 1. The predicted octanol–water partition coefficient (Wildman–Crippen LogP) is 3.83. The van der Waals surface area contributed by atoms with Crippen molar-refractivity contribution >= 4 is 18.1 Å². The molecular formula is C23H19FN2O5. The molecule has 31 heavy (non-hydrogen) atoms. The number of esters is 1. The smallest absolute Gasteiger partial charge is 0.343 e. The van der Waals surface area contributed by atoms with Crippen molar-refractivity contribution in [3.8, 4) is 17.2 Å². The molecule has 3 aromatic carbocycles. The number of carbonyl (C=O) groups excluding carboxylic acids is 2. The maximum absolute atomic E-state index is 13.3. The zero-order valence-electron chi connectivity index (χ0n) is 16.8. The van der Waals surface area contributed by atoms with Crippen LogP contribution in [0.5, 0.6) is 17.2 Å². The van der Waals surface area contributed by atoms with Crippen LogP contribution in [0, 0.1) is 5.82 Å². The summed E-state index contributed by atoms with van der Waals surface area (Å²) in [5, 5.41) is 3.92. The van der Waals surface area contributed by atoms with E-state index in [1.54, 1.807) is 43.5 Å². The van der Waals surface area contributed by atoms with Gasteiger partial charge in [-0.1, -0.05) is 6.07 Å². The first-order chi connectivity index (χ1) is 15.0. The quantitative estimate of drug-likeness (QED) is 0.271. The molecule has 0 bridgehead atoms. The number of nitrogens with one attached hydrogen (secondary N) is 1. The fourth-order valence-electron chi connectivity index (χ4n) is 2.60. The molecule has 0 atom stereocenters. The average molecular weight is 422 g/mol. The van der Waals surface area contributed by atoms with Crippen molar-refractivity contribution in [2.75, 3.05) is 14.2 Å². The molecule has 1 N–H and O–H groups in total.